The van der Waals surface area contributed by atoms with Crippen LogP contribution in [0.2, 0.25) is 0 Å². The quantitative estimate of drug-likeness (QED) is 0.690. The highest BCUT2D eigenvalue weighted by molar-refractivity contribution is 4.83. The molecule has 0 radical (unpaired) electrons. The molecule has 0 aliphatic heterocycles. The van der Waals surface area contributed by atoms with Gasteiger partial charge in [0.1, 0.15) is 0 Å². The summed E-state index contributed by atoms with van der Waals surface area (Å²) in [6.07, 6.45) is 7.93. The van der Waals surface area contributed by atoms with Gasteiger partial charge in [-0.3, -0.25) is 0 Å². The van der Waals surface area contributed by atoms with Gasteiger partial charge in [0.25, 0.3) is 0 Å². The topological polar surface area (TPSA) is 20.2 Å². The lowest BCUT2D eigenvalue weighted by Gasteiger charge is -2.34. The molecule has 1 heteroatoms. The predicted octanol–water partition coefficient (Wildman–Crippen LogP) is 3.12. The number of hydrogen-bond acceptors (Lipinski definition) is 1. The highest BCUT2D eigenvalue weighted by Crippen LogP contribution is 2.34. The molecule has 0 heterocycles. The minimum atomic E-state index is -0.289. The van der Waals surface area contributed by atoms with Gasteiger partial charge in [0, 0.05) is 0 Å². The van der Waals surface area contributed by atoms with Crippen molar-refractivity contribution in [1.29, 1.82) is 0 Å². The molecule has 0 bridgehead atoms. The van der Waals surface area contributed by atoms with E-state index >= 15 is 0 Å². The van der Waals surface area contributed by atoms with E-state index in [1.165, 1.54) is 25.7 Å². The summed E-state index contributed by atoms with van der Waals surface area (Å²) in [5.74, 6) is 0.840. The smallest absolute Gasteiger partial charge is 0.0648 e. The maximum atomic E-state index is 10.1. The van der Waals surface area contributed by atoms with Crippen LogP contribution in [0.5, 0.6) is 0 Å². The van der Waals surface area contributed by atoms with Crippen molar-refractivity contribution in [2.24, 2.45) is 5.92 Å². The van der Waals surface area contributed by atoms with Crippen molar-refractivity contribution < 1.29 is 5.11 Å². The van der Waals surface area contributed by atoms with Crippen molar-refractivity contribution >= 4 is 0 Å². The molecule has 0 aromatic carbocycles. The van der Waals surface area contributed by atoms with E-state index in [9.17, 15) is 5.11 Å². The standard InChI is InChI=1S/C11H22O/c1-3-4-7-11(12)8-5-10(2)6-9-11/h10,12H,3-9H2,1-2H3. The second-order valence-electron chi connectivity index (χ2n) is 4.51. The first-order chi connectivity index (χ1) is 5.66. The fourth-order valence-electron chi connectivity index (χ4n) is 2.06. The molecule has 0 spiro atoms. The largest absolute Gasteiger partial charge is 0.390 e. The Morgan fingerprint density at radius 3 is 2.42 bits per heavy atom. The lowest BCUT2D eigenvalue weighted by Crippen LogP contribution is -2.33. The first-order valence-corrected chi connectivity index (χ1v) is 5.39. The first-order valence-electron chi connectivity index (χ1n) is 5.39. The van der Waals surface area contributed by atoms with Crippen molar-refractivity contribution in [3.05, 3.63) is 0 Å². The van der Waals surface area contributed by atoms with Gasteiger partial charge >= 0.3 is 0 Å². The van der Waals surface area contributed by atoms with Crippen molar-refractivity contribution in [2.75, 3.05) is 0 Å². The minimum absolute atomic E-state index is 0.289. The molecule has 1 aliphatic carbocycles. The monoisotopic (exact) mass is 170 g/mol. The van der Waals surface area contributed by atoms with Crippen LogP contribution in [-0.4, -0.2) is 10.7 Å². The normalized spacial score (nSPS) is 36.8. The van der Waals surface area contributed by atoms with E-state index in [1.54, 1.807) is 0 Å². The van der Waals surface area contributed by atoms with Gasteiger partial charge in [0.05, 0.1) is 5.60 Å². The van der Waals surface area contributed by atoms with E-state index in [-0.39, 0.29) is 5.60 Å². The molecule has 12 heavy (non-hydrogen) atoms. The van der Waals surface area contributed by atoms with E-state index in [0.717, 1.165) is 25.2 Å². The van der Waals surface area contributed by atoms with E-state index in [2.05, 4.69) is 13.8 Å². The predicted molar refractivity (Wildman–Crippen MR) is 52.1 cm³/mol. The maximum Gasteiger partial charge on any atom is 0.0648 e. The average Bonchev–Trinajstić information content (AvgIpc) is 2.08. The summed E-state index contributed by atoms with van der Waals surface area (Å²) in [5, 5.41) is 10.1. The zero-order valence-corrected chi connectivity index (χ0v) is 8.47. The molecule has 1 nitrogen and oxygen atoms in total. The van der Waals surface area contributed by atoms with Crippen molar-refractivity contribution in [1.82, 2.24) is 0 Å². The lowest BCUT2D eigenvalue weighted by molar-refractivity contribution is -0.0161. The first kappa shape index (κ1) is 10.0. The third-order valence-electron chi connectivity index (χ3n) is 3.20. The fourth-order valence-corrected chi connectivity index (χ4v) is 2.06. The van der Waals surface area contributed by atoms with Crippen molar-refractivity contribution in [3.8, 4) is 0 Å². The van der Waals surface area contributed by atoms with Crippen LogP contribution < -0.4 is 0 Å². The molecule has 1 aliphatic rings. The van der Waals surface area contributed by atoms with Crippen LogP contribution in [0.1, 0.15) is 58.8 Å². The Hall–Kier alpha value is -0.0400. The van der Waals surface area contributed by atoms with Gasteiger partial charge < -0.3 is 5.11 Å². The van der Waals surface area contributed by atoms with Crippen molar-refractivity contribution in [3.63, 3.8) is 0 Å². The summed E-state index contributed by atoms with van der Waals surface area (Å²) in [5.41, 5.74) is -0.289. The Kier molecular flexibility index (Phi) is 3.57. The van der Waals surface area contributed by atoms with Gasteiger partial charge in [0.15, 0.2) is 0 Å². The van der Waals surface area contributed by atoms with Gasteiger partial charge in [-0.2, -0.15) is 0 Å². The summed E-state index contributed by atoms with van der Waals surface area (Å²) < 4.78 is 0. The second kappa shape index (κ2) is 4.27. The Morgan fingerprint density at radius 2 is 1.92 bits per heavy atom. The maximum absolute atomic E-state index is 10.1. The second-order valence-corrected chi connectivity index (χ2v) is 4.51. The summed E-state index contributed by atoms with van der Waals surface area (Å²) in [6, 6.07) is 0. The molecule has 1 N–H and O–H groups in total. The molecule has 0 saturated heterocycles. The molecule has 1 saturated carbocycles. The van der Waals surface area contributed by atoms with Crippen LogP contribution in [0.15, 0.2) is 0 Å². The molecule has 72 valence electrons. The number of unbranched alkanes of at least 4 members (excludes halogenated alkanes) is 1. The van der Waals surface area contributed by atoms with Gasteiger partial charge in [-0.1, -0.05) is 26.7 Å². The van der Waals surface area contributed by atoms with Gasteiger partial charge in [-0.05, 0) is 38.0 Å². The van der Waals surface area contributed by atoms with Crippen LogP contribution in [0, 0.1) is 5.92 Å². The summed E-state index contributed by atoms with van der Waals surface area (Å²) >= 11 is 0. The molecule has 0 unspecified atom stereocenters. The van der Waals surface area contributed by atoms with E-state index in [4.69, 9.17) is 0 Å². The highest BCUT2D eigenvalue weighted by atomic mass is 16.3. The van der Waals surface area contributed by atoms with Gasteiger partial charge in [0.2, 0.25) is 0 Å². The van der Waals surface area contributed by atoms with E-state index in [1.807, 2.05) is 0 Å². The Labute approximate surface area is 76.2 Å². The minimum Gasteiger partial charge on any atom is -0.390 e. The molecular weight excluding hydrogens is 148 g/mol. The molecule has 0 aromatic rings. The molecule has 0 aromatic heterocycles. The third-order valence-corrected chi connectivity index (χ3v) is 3.20. The highest BCUT2D eigenvalue weighted by Gasteiger charge is 2.30. The fraction of sp³-hybridized carbons (Fsp3) is 1.00. The lowest BCUT2D eigenvalue weighted by atomic mass is 9.77. The van der Waals surface area contributed by atoms with E-state index in [0.29, 0.717) is 0 Å². The zero-order valence-electron chi connectivity index (χ0n) is 8.47. The van der Waals surface area contributed by atoms with Gasteiger partial charge in [-0.25, -0.2) is 0 Å². The van der Waals surface area contributed by atoms with Crippen LogP contribution in [-0.2, 0) is 0 Å². The van der Waals surface area contributed by atoms with Gasteiger partial charge in [-0.15, -0.1) is 0 Å². The molecule has 0 atom stereocenters. The summed E-state index contributed by atoms with van der Waals surface area (Å²) in [6.45, 7) is 4.48. The molecular formula is C11H22O. The zero-order chi connectivity index (χ0) is 9.03. The number of rotatable bonds is 3. The average molecular weight is 170 g/mol. The Morgan fingerprint density at radius 1 is 1.33 bits per heavy atom. The molecule has 0 amide bonds. The number of aliphatic hydroxyl groups is 1. The molecule has 1 fully saturated rings. The van der Waals surface area contributed by atoms with E-state index < -0.39 is 0 Å². The van der Waals surface area contributed by atoms with Crippen LogP contribution in [0.4, 0.5) is 0 Å². The number of hydrogen-bond donors (Lipinski definition) is 1. The summed E-state index contributed by atoms with van der Waals surface area (Å²) in [4.78, 5) is 0. The van der Waals surface area contributed by atoms with Crippen LogP contribution in [0.3, 0.4) is 0 Å². The van der Waals surface area contributed by atoms with Crippen molar-refractivity contribution in [2.45, 2.75) is 64.4 Å². The molecule has 1 rings (SSSR count). The summed E-state index contributed by atoms with van der Waals surface area (Å²) in [7, 11) is 0. The third kappa shape index (κ3) is 2.78. The Balaban J connectivity index is 2.29. The van der Waals surface area contributed by atoms with Crippen LogP contribution in [0.25, 0.3) is 0 Å². The SMILES string of the molecule is CCCCC1(O)CCC(C)CC1. The van der Waals surface area contributed by atoms with Crippen LogP contribution >= 0.6 is 0 Å². The Bertz CT molecular complexity index is 117.